The molecule has 172 valence electrons. The minimum Gasteiger partial charge on any atom is -0.508 e. The summed E-state index contributed by atoms with van der Waals surface area (Å²) in [7, 11) is 0. The van der Waals surface area contributed by atoms with Gasteiger partial charge in [-0.3, -0.25) is 19.3 Å². The minimum absolute atomic E-state index is 0.0470. The number of imide groups is 1. The zero-order valence-electron chi connectivity index (χ0n) is 17.7. The Morgan fingerprint density at radius 2 is 1.62 bits per heavy atom. The van der Waals surface area contributed by atoms with Crippen LogP contribution in [0.3, 0.4) is 0 Å². The number of aromatic amines is 1. The average Bonchev–Trinajstić information content (AvgIpc) is 3.54. The summed E-state index contributed by atoms with van der Waals surface area (Å²) in [6, 6.07) is 14.0. The number of carbonyl (C=O) groups excluding carboxylic acids is 2. The zero-order chi connectivity index (χ0) is 23.3. The third kappa shape index (κ3) is 2.73. The van der Waals surface area contributed by atoms with Crippen LogP contribution in [-0.4, -0.2) is 27.2 Å². The first kappa shape index (κ1) is 20.8. The maximum absolute atomic E-state index is 13.7. The van der Waals surface area contributed by atoms with Crippen LogP contribution in [0.2, 0.25) is 5.02 Å². The van der Waals surface area contributed by atoms with E-state index in [1.54, 1.807) is 48.2 Å². The quantitative estimate of drug-likeness (QED) is 0.496. The highest BCUT2D eigenvalue weighted by molar-refractivity contribution is 8.00. The zero-order valence-corrected chi connectivity index (χ0v) is 20.1. The molecule has 0 spiro atoms. The molecule has 3 heterocycles. The molecule has 2 bridgehead atoms. The third-order valence-electron chi connectivity index (χ3n) is 8.06. The number of phenols is 1. The van der Waals surface area contributed by atoms with Gasteiger partial charge in [-0.2, -0.15) is 0 Å². The Labute approximate surface area is 207 Å². The second kappa shape index (κ2) is 7.23. The van der Waals surface area contributed by atoms with Gasteiger partial charge in [-0.05, 0) is 66.1 Å². The summed E-state index contributed by atoms with van der Waals surface area (Å²) in [5, 5.41) is 11.4. The van der Waals surface area contributed by atoms with Gasteiger partial charge in [-0.25, -0.2) is 0 Å². The van der Waals surface area contributed by atoms with Gasteiger partial charge in [0.15, 0.2) is 0 Å². The molecule has 2 aromatic carbocycles. The number of hydrogen-bond acceptors (Lipinski definition) is 6. The number of phenolic OH excluding ortho intramolecular Hbond substituents is 1. The number of thioether (sulfide) groups is 1. The number of halogens is 1. The highest BCUT2D eigenvalue weighted by Crippen LogP contribution is 2.68. The highest BCUT2D eigenvalue weighted by Gasteiger charge is 2.69. The van der Waals surface area contributed by atoms with Gasteiger partial charge in [0.05, 0.1) is 22.5 Å². The van der Waals surface area contributed by atoms with Gasteiger partial charge in [0, 0.05) is 21.1 Å². The van der Waals surface area contributed by atoms with Crippen molar-refractivity contribution >= 4 is 52.2 Å². The lowest BCUT2D eigenvalue weighted by Gasteiger charge is -2.43. The first-order valence-corrected chi connectivity index (χ1v) is 13.3. The van der Waals surface area contributed by atoms with Crippen molar-refractivity contribution in [2.24, 2.45) is 29.6 Å². The van der Waals surface area contributed by atoms with Crippen molar-refractivity contribution in [1.29, 1.82) is 0 Å². The maximum Gasteiger partial charge on any atom is 0.305 e. The van der Waals surface area contributed by atoms with Gasteiger partial charge in [0.1, 0.15) is 5.75 Å². The largest absolute Gasteiger partial charge is 0.508 e. The van der Waals surface area contributed by atoms with E-state index >= 15 is 0 Å². The van der Waals surface area contributed by atoms with Crippen molar-refractivity contribution in [2.75, 3.05) is 4.90 Å². The minimum atomic E-state index is -0.341. The standard InChI is InChI=1S/C25H19ClN2O4S2/c26-11-3-5-12(6-4-11)28-23(30)18-14-9-15(19(18)24(28)31)20-17(14)16(10-1-7-13(29)8-2-10)21-22(33-20)27-25(32)34-21/h1-8,14-20,29H,9H2,(H,27,32)/t14?,15?,16-,17?,18?,19?,20?/m1/s1. The second-order valence-electron chi connectivity index (χ2n) is 9.54. The normalized spacial score (nSPS) is 33.2. The fraction of sp³-hybridized carbons (Fsp3) is 0.320. The second-order valence-corrected chi connectivity index (χ2v) is 12.2. The van der Waals surface area contributed by atoms with E-state index in [1.165, 1.54) is 16.2 Å². The molecule has 6 unspecified atom stereocenters. The number of nitrogens with zero attached hydrogens (tertiary/aromatic N) is 1. The van der Waals surface area contributed by atoms with E-state index < -0.39 is 0 Å². The van der Waals surface area contributed by atoms with Gasteiger partial charge in [-0.1, -0.05) is 35.1 Å². The molecular weight excluding hydrogens is 492 g/mol. The Bertz CT molecular complexity index is 1400. The Hall–Kier alpha value is -2.55. The molecule has 2 aliphatic heterocycles. The molecule has 2 amide bonds. The summed E-state index contributed by atoms with van der Waals surface area (Å²) in [6.45, 7) is 0. The molecule has 3 aromatic rings. The monoisotopic (exact) mass is 510 g/mol. The molecule has 2 aliphatic carbocycles. The molecule has 4 aliphatic rings. The number of thiazole rings is 1. The molecule has 7 atom stereocenters. The number of anilines is 1. The molecule has 6 nitrogen and oxygen atoms in total. The van der Waals surface area contributed by atoms with Crippen LogP contribution < -0.4 is 9.77 Å². The number of nitrogens with one attached hydrogen (secondary N) is 1. The molecule has 1 saturated heterocycles. The molecule has 2 saturated carbocycles. The van der Waals surface area contributed by atoms with Crippen LogP contribution in [0.15, 0.2) is 58.4 Å². The summed E-state index contributed by atoms with van der Waals surface area (Å²) in [4.78, 5) is 44.8. The number of carbonyl (C=O) groups is 2. The molecule has 0 radical (unpaired) electrons. The lowest BCUT2D eigenvalue weighted by atomic mass is 9.68. The third-order valence-corrected chi connectivity index (χ3v) is 10.9. The van der Waals surface area contributed by atoms with Crippen LogP contribution in [0, 0.1) is 29.6 Å². The van der Waals surface area contributed by atoms with Gasteiger partial charge >= 0.3 is 4.87 Å². The van der Waals surface area contributed by atoms with E-state index in [9.17, 15) is 19.5 Å². The lowest BCUT2D eigenvalue weighted by Crippen LogP contribution is -2.42. The van der Waals surface area contributed by atoms with Crippen LogP contribution in [0.1, 0.15) is 22.8 Å². The van der Waals surface area contributed by atoms with E-state index in [0.717, 1.165) is 21.9 Å². The molecule has 2 N–H and O–H groups in total. The van der Waals surface area contributed by atoms with Crippen LogP contribution >= 0.6 is 34.7 Å². The summed E-state index contributed by atoms with van der Waals surface area (Å²) in [5.74, 6) is -0.478. The molecule has 3 fully saturated rings. The van der Waals surface area contributed by atoms with E-state index in [0.29, 0.717) is 10.7 Å². The summed E-state index contributed by atoms with van der Waals surface area (Å²) in [5.41, 5.74) is 1.60. The van der Waals surface area contributed by atoms with E-state index in [4.69, 9.17) is 11.6 Å². The maximum atomic E-state index is 13.7. The summed E-state index contributed by atoms with van der Waals surface area (Å²) in [6.07, 6.45) is 0.845. The Balaban J connectivity index is 1.32. The molecule has 1 aromatic heterocycles. The van der Waals surface area contributed by atoms with Gasteiger partial charge < -0.3 is 10.1 Å². The van der Waals surface area contributed by atoms with Gasteiger partial charge in [-0.15, -0.1) is 11.8 Å². The van der Waals surface area contributed by atoms with Crippen molar-refractivity contribution in [3.8, 4) is 5.75 Å². The van der Waals surface area contributed by atoms with Crippen LogP contribution in [0.5, 0.6) is 5.75 Å². The number of rotatable bonds is 2. The summed E-state index contributed by atoms with van der Waals surface area (Å²) >= 11 is 8.92. The SMILES string of the molecule is O=C1C2C3CC(C2C(=O)N1c1ccc(Cl)cc1)C1C3Sc2[nH]c(=O)sc2[C@@H]1c1ccc(O)cc1. The average molecular weight is 511 g/mol. The van der Waals surface area contributed by atoms with E-state index in [-0.39, 0.29) is 63.2 Å². The van der Waals surface area contributed by atoms with Crippen molar-refractivity contribution < 1.29 is 14.7 Å². The van der Waals surface area contributed by atoms with Crippen molar-refractivity contribution in [2.45, 2.75) is 22.6 Å². The predicted molar refractivity (Wildman–Crippen MR) is 131 cm³/mol. The van der Waals surface area contributed by atoms with Gasteiger partial charge in [0.2, 0.25) is 11.8 Å². The van der Waals surface area contributed by atoms with Crippen LogP contribution in [-0.2, 0) is 9.59 Å². The van der Waals surface area contributed by atoms with E-state index in [1.807, 2.05) is 12.1 Å². The molecule has 9 heteroatoms. The molecule has 7 rings (SSSR count). The summed E-state index contributed by atoms with van der Waals surface area (Å²) < 4.78 is 0. The number of benzene rings is 2. The first-order valence-electron chi connectivity index (χ1n) is 11.2. The highest BCUT2D eigenvalue weighted by atomic mass is 35.5. The smallest absolute Gasteiger partial charge is 0.305 e. The Kier molecular flexibility index (Phi) is 4.42. The Morgan fingerprint density at radius 1 is 0.941 bits per heavy atom. The first-order chi connectivity index (χ1) is 16.4. The predicted octanol–water partition coefficient (Wildman–Crippen LogP) is 4.47. The van der Waals surface area contributed by atoms with Crippen LogP contribution in [0.25, 0.3) is 0 Å². The number of aromatic nitrogens is 1. The van der Waals surface area contributed by atoms with E-state index in [2.05, 4.69) is 4.98 Å². The topological polar surface area (TPSA) is 90.5 Å². The lowest BCUT2D eigenvalue weighted by molar-refractivity contribution is -0.123. The van der Waals surface area contributed by atoms with Crippen molar-refractivity contribution in [3.63, 3.8) is 0 Å². The fourth-order valence-corrected chi connectivity index (χ4v) is 9.93. The number of aromatic hydroxyl groups is 1. The van der Waals surface area contributed by atoms with Crippen LogP contribution in [0.4, 0.5) is 5.69 Å². The molecule has 34 heavy (non-hydrogen) atoms. The number of amides is 2. The number of hydrogen-bond donors (Lipinski definition) is 2. The van der Waals surface area contributed by atoms with Crippen molar-refractivity contribution in [3.05, 3.63) is 73.7 Å². The molecular formula is C25H19ClN2O4S2. The number of fused-ring (bicyclic) bond motifs is 9. The Morgan fingerprint density at radius 3 is 2.32 bits per heavy atom. The van der Waals surface area contributed by atoms with Crippen molar-refractivity contribution in [1.82, 2.24) is 4.98 Å². The number of H-pyrrole nitrogens is 1. The fourth-order valence-electron chi connectivity index (χ4n) is 6.92. The van der Waals surface area contributed by atoms with Gasteiger partial charge in [0.25, 0.3) is 0 Å².